The minimum Gasteiger partial charge on any atom is -0.338 e. The standard InChI is InChI=1S/C13H22N4/c1-11(2)17(13-15-7-4-8-16-13)10-12-5-3-6-14-9-12/h4,7-8,11-12,14H,3,5-6,9-10H2,1-2H3. The quantitative estimate of drug-likeness (QED) is 0.861. The number of aromatic nitrogens is 2. The number of nitrogens with zero attached hydrogens (tertiary/aromatic N) is 3. The van der Waals surface area contributed by atoms with Gasteiger partial charge in [-0.1, -0.05) is 0 Å². The van der Waals surface area contributed by atoms with Crippen LogP contribution in [-0.4, -0.2) is 35.6 Å². The average molecular weight is 234 g/mol. The van der Waals surface area contributed by atoms with Crippen molar-refractivity contribution in [1.29, 1.82) is 0 Å². The number of hydrogen-bond acceptors (Lipinski definition) is 4. The van der Waals surface area contributed by atoms with Crippen molar-refractivity contribution < 1.29 is 0 Å². The molecule has 1 fully saturated rings. The summed E-state index contributed by atoms with van der Waals surface area (Å²) in [6.45, 7) is 7.74. The van der Waals surface area contributed by atoms with Gasteiger partial charge in [-0.3, -0.25) is 0 Å². The first-order valence-electron chi connectivity index (χ1n) is 6.51. The first kappa shape index (κ1) is 12.3. The Kier molecular flexibility index (Phi) is 4.31. The fraction of sp³-hybridized carbons (Fsp3) is 0.692. The van der Waals surface area contributed by atoms with Crippen molar-refractivity contribution in [3.63, 3.8) is 0 Å². The van der Waals surface area contributed by atoms with E-state index >= 15 is 0 Å². The van der Waals surface area contributed by atoms with Crippen LogP contribution < -0.4 is 10.2 Å². The van der Waals surface area contributed by atoms with Crippen LogP contribution in [0.4, 0.5) is 5.95 Å². The normalized spacial score (nSPS) is 20.5. The molecule has 2 heterocycles. The van der Waals surface area contributed by atoms with Crippen molar-refractivity contribution in [3.8, 4) is 0 Å². The molecule has 4 nitrogen and oxygen atoms in total. The second-order valence-corrected chi connectivity index (χ2v) is 5.01. The molecule has 1 atom stereocenters. The van der Waals surface area contributed by atoms with Crippen LogP contribution in [0.15, 0.2) is 18.5 Å². The van der Waals surface area contributed by atoms with Gasteiger partial charge in [0.2, 0.25) is 5.95 Å². The number of anilines is 1. The van der Waals surface area contributed by atoms with E-state index in [9.17, 15) is 0 Å². The molecule has 1 aromatic rings. The molecule has 0 radical (unpaired) electrons. The number of piperidine rings is 1. The predicted octanol–water partition coefficient (Wildman–Crippen LogP) is 1.69. The Morgan fingerprint density at radius 2 is 2.18 bits per heavy atom. The zero-order chi connectivity index (χ0) is 12.1. The number of hydrogen-bond donors (Lipinski definition) is 1. The molecular formula is C13H22N4. The fourth-order valence-corrected chi connectivity index (χ4v) is 2.32. The Labute approximate surface area is 103 Å². The maximum absolute atomic E-state index is 4.36. The zero-order valence-corrected chi connectivity index (χ0v) is 10.8. The fourth-order valence-electron chi connectivity index (χ4n) is 2.32. The van der Waals surface area contributed by atoms with Gasteiger partial charge in [0, 0.05) is 25.0 Å². The minimum absolute atomic E-state index is 0.444. The minimum atomic E-state index is 0.444. The molecule has 0 bridgehead atoms. The Morgan fingerprint density at radius 1 is 1.41 bits per heavy atom. The van der Waals surface area contributed by atoms with E-state index < -0.39 is 0 Å². The van der Waals surface area contributed by atoms with Gasteiger partial charge in [-0.2, -0.15) is 0 Å². The van der Waals surface area contributed by atoms with Crippen LogP contribution in [-0.2, 0) is 0 Å². The van der Waals surface area contributed by atoms with Crippen LogP contribution in [0.25, 0.3) is 0 Å². The number of rotatable bonds is 4. The Bertz CT molecular complexity index is 319. The first-order valence-corrected chi connectivity index (χ1v) is 6.51. The third kappa shape index (κ3) is 3.40. The molecule has 1 saturated heterocycles. The number of nitrogens with one attached hydrogen (secondary N) is 1. The lowest BCUT2D eigenvalue weighted by Crippen LogP contribution is -2.42. The van der Waals surface area contributed by atoms with Crippen LogP contribution >= 0.6 is 0 Å². The summed E-state index contributed by atoms with van der Waals surface area (Å²) in [5, 5.41) is 3.46. The highest BCUT2D eigenvalue weighted by atomic mass is 15.3. The molecule has 0 aliphatic carbocycles. The molecule has 1 aliphatic heterocycles. The topological polar surface area (TPSA) is 41.0 Å². The van der Waals surface area contributed by atoms with Crippen LogP contribution in [0, 0.1) is 5.92 Å². The summed E-state index contributed by atoms with van der Waals surface area (Å²) in [6.07, 6.45) is 6.23. The van der Waals surface area contributed by atoms with E-state index in [1.165, 1.54) is 19.4 Å². The van der Waals surface area contributed by atoms with E-state index in [2.05, 4.69) is 34.0 Å². The Morgan fingerprint density at radius 3 is 2.76 bits per heavy atom. The Balaban J connectivity index is 2.02. The second-order valence-electron chi connectivity index (χ2n) is 5.01. The predicted molar refractivity (Wildman–Crippen MR) is 70.1 cm³/mol. The molecule has 2 rings (SSSR count). The highest BCUT2D eigenvalue weighted by Gasteiger charge is 2.20. The molecule has 0 amide bonds. The third-order valence-electron chi connectivity index (χ3n) is 3.29. The summed E-state index contributed by atoms with van der Waals surface area (Å²) in [7, 11) is 0. The summed E-state index contributed by atoms with van der Waals surface area (Å²) in [5.41, 5.74) is 0. The van der Waals surface area contributed by atoms with Crippen LogP contribution in [0.2, 0.25) is 0 Å². The molecule has 94 valence electrons. The van der Waals surface area contributed by atoms with Crippen LogP contribution in [0.5, 0.6) is 0 Å². The molecule has 1 aliphatic rings. The molecule has 17 heavy (non-hydrogen) atoms. The van der Waals surface area contributed by atoms with Crippen LogP contribution in [0.1, 0.15) is 26.7 Å². The van der Waals surface area contributed by atoms with Crippen molar-refractivity contribution in [2.45, 2.75) is 32.7 Å². The van der Waals surface area contributed by atoms with Crippen LogP contribution in [0.3, 0.4) is 0 Å². The van der Waals surface area contributed by atoms with E-state index in [1.54, 1.807) is 0 Å². The van der Waals surface area contributed by atoms with Gasteiger partial charge in [0.15, 0.2) is 0 Å². The van der Waals surface area contributed by atoms with Crippen molar-refractivity contribution in [1.82, 2.24) is 15.3 Å². The van der Waals surface area contributed by atoms with Gasteiger partial charge in [-0.25, -0.2) is 9.97 Å². The molecule has 0 spiro atoms. The lowest BCUT2D eigenvalue weighted by Gasteiger charge is -2.32. The molecule has 1 unspecified atom stereocenters. The summed E-state index contributed by atoms with van der Waals surface area (Å²) in [4.78, 5) is 11.0. The second kappa shape index (κ2) is 5.96. The van der Waals surface area contributed by atoms with Crippen molar-refractivity contribution in [3.05, 3.63) is 18.5 Å². The molecule has 4 heteroatoms. The zero-order valence-electron chi connectivity index (χ0n) is 10.8. The molecule has 0 saturated carbocycles. The first-order chi connectivity index (χ1) is 8.27. The van der Waals surface area contributed by atoms with E-state index in [0.29, 0.717) is 6.04 Å². The van der Waals surface area contributed by atoms with Crippen molar-refractivity contribution in [2.75, 3.05) is 24.5 Å². The van der Waals surface area contributed by atoms with Crippen molar-refractivity contribution in [2.24, 2.45) is 5.92 Å². The average Bonchev–Trinajstić information content (AvgIpc) is 2.38. The summed E-state index contributed by atoms with van der Waals surface area (Å²) in [6, 6.07) is 2.31. The van der Waals surface area contributed by atoms with E-state index in [4.69, 9.17) is 0 Å². The van der Waals surface area contributed by atoms with E-state index in [-0.39, 0.29) is 0 Å². The molecule has 1 aromatic heterocycles. The SMILES string of the molecule is CC(C)N(CC1CCCNC1)c1ncccn1. The van der Waals surface area contributed by atoms with Gasteiger partial charge in [0.1, 0.15) is 0 Å². The van der Waals surface area contributed by atoms with Gasteiger partial charge in [-0.15, -0.1) is 0 Å². The summed E-state index contributed by atoms with van der Waals surface area (Å²) < 4.78 is 0. The monoisotopic (exact) mass is 234 g/mol. The Hall–Kier alpha value is -1.16. The summed E-state index contributed by atoms with van der Waals surface area (Å²) >= 11 is 0. The van der Waals surface area contributed by atoms with Gasteiger partial charge in [-0.05, 0) is 51.8 Å². The lowest BCUT2D eigenvalue weighted by molar-refractivity contribution is 0.369. The molecule has 1 N–H and O–H groups in total. The molecule has 0 aromatic carbocycles. The lowest BCUT2D eigenvalue weighted by atomic mass is 9.99. The highest BCUT2D eigenvalue weighted by Crippen LogP contribution is 2.17. The van der Waals surface area contributed by atoms with Gasteiger partial charge < -0.3 is 10.2 Å². The van der Waals surface area contributed by atoms with E-state index in [1.807, 2.05) is 18.5 Å². The van der Waals surface area contributed by atoms with E-state index in [0.717, 1.165) is 25.0 Å². The maximum Gasteiger partial charge on any atom is 0.225 e. The summed E-state index contributed by atoms with van der Waals surface area (Å²) in [5.74, 6) is 1.57. The maximum atomic E-state index is 4.36. The van der Waals surface area contributed by atoms with Crippen molar-refractivity contribution >= 4 is 5.95 Å². The third-order valence-corrected chi connectivity index (χ3v) is 3.29. The van der Waals surface area contributed by atoms with Gasteiger partial charge in [0.25, 0.3) is 0 Å². The highest BCUT2D eigenvalue weighted by molar-refractivity contribution is 5.29. The largest absolute Gasteiger partial charge is 0.338 e. The smallest absolute Gasteiger partial charge is 0.225 e. The molecular weight excluding hydrogens is 212 g/mol. The van der Waals surface area contributed by atoms with Gasteiger partial charge >= 0.3 is 0 Å². The van der Waals surface area contributed by atoms with Gasteiger partial charge in [0.05, 0.1) is 0 Å².